The lowest BCUT2D eigenvalue weighted by atomic mass is 9.95. The van der Waals surface area contributed by atoms with E-state index < -0.39 is 23.5 Å². The molecule has 1 unspecified atom stereocenters. The number of amides is 2. The summed E-state index contributed by atoms with van der Waals surface area (Å²) in [5.74, 6) is 0.633. The summed E-state index contributed by atoms with van der Waals surface area (Å²) >= 11 is 0. The molecule has 1 aliphatic rings. The molecular formula is C23H25NO8. The van der Waals surface area contributed by atoms with E-state index in [1.807, 2.05) is 0 Å². The van der Waals surface area contributed by atoms with Crippen LogP contribution in [0.25, 0.3) is 11.1 Å². The van der Waals surface area contributed by atoms with Gasteiger partial charge in [-0.1, -0.05) is 6.07 Å². The van der Waals surface area contributed by atoms with E-state index in [0.717, 1.165) is 10.5 Å². The Morgan fingerprint density at radius 1 is 0.969 bits per heavy atom. The first-order valence-corrected chi connectivity index (χ1v) is 9.86. The number of carbonyl (C=O) groups excluding carboxylic acids is 1. The van der Waals surface area contributed by atoms with Crippen molar-refractivity contribution in [1.29, 1.82) is 0 Å². The third kappa shape index (κ3) is 3.81. The second kappa shape index (κ2) is 9.17. The Labute approximate surface area is 185 Å². The Morgan fingerprint density at radius 3 is 2.16 bits per heavy atom. The van der Waals surface area contributed by atoms with Crippen molar-refractivity contribution in [2.75, 3.05) is 28.4 Å². The molecule has 0 bridgehead atoms. The van der Waals surface area contributed by atoms with Crippen LogP contribution in [0.3, 0.4) is 0 Å². The first-order chi connectivity index (χ1) is 15.3. The minimum absolute atomic E-state index is 0.0857. The fourth-order valence-electron chi connectivity index (χ4n) is 4.20. The highest BCUT2D eigenvalue weighted by Crippen LogP contribution is 2.51. The number of methoxy groups -OCH3 is 4. The summed E-state index contributed by atoms with van der Waals surface area (Å²) in [7, 11) is 5.86. The lowest BCUT2D eigenvalue weighted by Gasteiger charge is -2.26. The molecule has 0 spiro atoms. The average Bonchev–Trinajstić information content (AvgIpc) is 3.00. The molecule has 170 valence electrons. The minimum Gasteiger partial charge on any atom is -0.493 e. The lowest BCUT2D eigenvalue weighted by Crippen LogP contribution is -2.37. The molecule has 1 aliphatic carbocycles. The molecule has 32 heavy (non-hydrogen) atoms. The van der Waals surface area contributed by atoms with Crippen LogP contribution in [0.1, 0.15) is 30.5 Å². The van der Waals surface area contributed by atoms with E-state index in [-0.39, 0.29) is 12.2 Å². The maximum Gasteiger partial charge on any atom is 0.414 e. The highest BCUT2D eigenvalue weighted by molar-refractivity contribution is 5.91. The van der Waals surface area contributed by atoms with Gasteiger partial charge in [-0.2, -0.15) is 0 Å². The molecule has 2 amide bonds. The monoisotopic (exact) mass is 443 g/mol. The van der Waals surface area contributed by atoms with Crippen LogP contribution < -0.4 is 24.4 Å². The van der Waals surface area contributed by atoms with Gasteiger partial charge < -0.3 is 24.1 Å². The van der Waals surface area contributed by atoms with Gasteiger partial charge in [0.15, 0.2) is 17.2 Å². The summed E-state index contributed by atoms with van der Waals surface area (Å²) < 4.78 is 21.9. The largest absolute Gasteiger partial charge is 0.493 e. The van der Waals surface area contributed by atoms with Crippen LogP contribution in [0.5, 0.6) is 23.0 Å². The van der Waals surface area contributed by atoms with Gasteiger partial charge in [-0.15, -0.1) is 0 Å². The molecule has 2 aromatic carbocycles. The van der Waals surface area contributed by atoms with Crippen molar-refractivity contribution >= 4 is 12.0 Å². The van der Waals surface area contributed by atoms with Gasteiger partial charge in [0.1, 0.15) is 0 Å². The molecule has 1 atom stereocenters. The van der Waals surface area contributed by atoms with Crippen molar-refractivity contribution in [1.82, 2.24) is 4.90 Å². The topological polar surface area (TPSA) is 112 Å². The maximum absolute atomic E-state index is 12.8. The molecule has 9 nitrogen and oxygen atoms in total. The van der Waals surface area contributed by atoms with Gasteiger partial charge in [-0.3, -0.25) is 9.59 Å². The summed E-state index contributed by atoms with van der Waals surface area (Å²) in [4.78, 5) is 37.8. The molecule has 0 radical (unpaired) electrons. The van der Waals surface area contributed by atoms with Crippen molar-refractivity contribution < 1.29 is 33.6 Å². The molecule has 9 heteroatoms. The molecule has 0 aliphatic heterocycles. The number of carbonyl (C=O) groups is 2. The SMILES string of the molecule is COc1cc2c(c(OC)c1OC)-c1ccc(OC)c(=O)cc1C(N(C(C)=O)C(=O)O)CC2. The van der Waals surface area contributed by atoms with Crippen LogP contribution in [-0.4, -0.2) is 50.4 Å². The van der Waals surface area contributed by atoms with Gasteiger partial charge in [0.05, 0.1) is 34.5 Å². The summed E-state index contributed by atoms with van der Waals surface area (Å²) in [5, 5.41) is 9.77. The first kappa shape index (κ1) is 22.9. The van der Waals surface area contributed by atoms with Crippen LogP contribution in [-0.2, 0) is 11.2 Å². The van der Waals surface area contributed by atoms with Crippen LogP contribution in [0.15, 0.2) is 29.1 Å². The smallest absolute Gasteiger partial charge is 0.414 e. The molecular weight excluding hydrogens is 418 g/mol. The van der Waals surface area contributed by atoms with Gasteiger partial charge in [-0.25, -0.2) is 9.69 Å². The zero-order valence-electron chi connectivity index (χ0n) is 18.6. The van der Waals surface area contributed by atoms with Crippen LogP contribution in [0.4, 0.5) is 4.79 Å². The fourth-order valence-corrected chi connectivity index (χ4v) is 4.20. The number of hydrogen-bond acceptors (Lipinski definition) is 7. The zero-order chi connectivity index (χ0) is 23.6. The van der Waals surface area contributed by atoms with Gasteiger partial charge in [0.25, 0.3) is 0 Å². The summed E-state index contributed by atoms with van der Waals surface area (Å²) in [6, 6.07) is 5.41. The number of rotatable bonds is 5. The molecule has 0 aromatic heterocycles. The number of ether oxygens (including phenoxy) is 4. The molecule has 0 saturated heterocycles. The Kier molecular flexibility index (Phi) is 6.57. The average molecular weight is 443 g/mol. The summed E-state index contributed by atoms with van der Waals surface area (Å²) in [6.07, 6.45) is -0.735. The standard InChI is InChI=1S/C23H25NO8/c1-12(25)24(23(27)28)16-8-6-13-10-19(30-3)21(31-4)22(32-5)20(13)14-7-9-18(29-2)17(26)11-15(14)16/h7,9-11,16H,6,8H2,1-5H3,(H,27,28). The molecule has 1 N–H and O–H groups in total. The highest BCUT2D eigenvalue weighted by Gasteiger charge is 2.35. The number of benzene rings is 1. The maximum atomic E-state index is 12.8. The van der Waals surface area contributed by atoms with E-state index in [1.165, 1.54) is 47.5 Å². The van der Waals surface area contributed by atoms with Crippen LogP contribution >= 0.6 is 0 Å². The Morgan fingerprint density at radius 2 is 1.62 bits per heavy atom. The summed E-state index contributed by atoms with van der Waals surface area (Å²) in [5.41, 5.74) is 1.91. The fraction of sp³-hybridized carbons (Fsp3) is 0.348. The van der Waals surface area contributed by atoms with Crippen molar-refractivity contribution in [3.63, 3.8) is 0 Å². The molecule has 3 rings (SSSR count). The number of hydrogen-bond donors (Lipinski definition) is 1. The number of aryl methyl sites for hydroxylation is 1. The van der Waals surface area contributed by atoms with Crippen molar-refractivity contribution in [2.24, 2.45) is 0 Å². The second-order valence-corrected chi connectivity index (χ2v) is 7.18. The predicted molar refractivity (Wildman–Crippen MR) is 116 cm³/mol. The van der Waals surface area contributed by atoms with E-state index in [2.05, 4.69) is 0 Å². The Hall–Kier alpha value is -3.75. The number of carboxylic acid groups (broad SMARTS) is 1. The Balaban J connectivity index is 2.47. The predicted octanol–water partition coefficient (Wildman–Crippen LogP) is 3.26. The second-order valence-electron chi connectivity index (χ2n) is 7.18. The van der Waals surface area contributed by atoms with E-state index in [0.29, 0.717) is 40.4 Å². The number of imide groups is 1. The minimum atomic E-state index is -1.40. The van der Waals surface area contributed by atoms with E-state index in [1.54, 1.807) is 12.1 Å². The van der Waals surface area contributed by atoms with Gasteiger partial charge in [0.2, 0.25) is 17.1 Å². The highest BCUT2D eigenvalue weighted by atomic mass is 16.5. The number of nitrogens with zero attached hydrogens (tertiary/aromatic N) is 1. The molecule has 2 aromatic rings. The van der Waals surface area contributed by atoms with E-state index in [4.69, 9.17) is 18.9 Å². The molecule has 0 fully saturated rings. The quantitative estimate of drug-likeness (QED) is 0.750. The molecule has 0 saturated carbocycles. The Bertz CT molecular complexity index is 1110. The van der Waals surface area contributed by atoms with Crippen LogP contribution in [0.2, 0.25) is 0 Å². The third-order valence-corrected chi connectivity index (χ3v) is 5.55. The van der Waals surface area contributed by atoms with Crippen molar-refractivity contribution in [3.8, 4) is 34.1 Å². The van der Waals surface area contributed by atoms with Crippen molar-refractivity contribution in [2.45, 2.75) is 25.8 Å². The third-order valence-electron chi connectivity index (χ3n) is 5.55. The van der Waals surface area contributed by atoms with E-state index in [9.17, 15) is 19.5 Å². The van der Waals surface area contributed by atoms with Crippen LogP contribution in [0, 0.1) is 0 Å². The van der Waals surface area contributed by atoms with Gasteiger partial charge in [-0.05, 0) is 47.7 Å². The van der Waals surface area contributed by atoms with Gasteiger partial charge >= 0.3 is 6.09 Å². The molecule has 0 heterocycles. The normalized spacial score (nSPS) is 14.3. The zero-order valence-corrected chi connectivity index (χ0v) is 18.6. The lowest BCUT2D eigenvalue weighted by molar-refractivity contribution is -0.128. The van der Waals surface area contributed by atoms with Gasteiger partial charge in [0, 0.05) is 12.5 Å². The van der Waals surface area contributed by atoms with E-state index >= 15 is 0 Å². The van der Waals surface area contributed by atoms with Crippen molar-refractivity contribution in [3.05, 3.63) is 45.6 Å². The number of fused-ring (bicyclic) bond motifs is 3. The summed E-state index contributed by atoms with van der Waals surface area (Å²) in [6.45, 7) is 1.18. The first-order valence-electron chi connectivity index (χ1n) is 9.86.